The number of hydrogen-bond acceptors (Lipinski definition) is 1. The Kier molecular flexibility index (Phi) is 3.19. The summed E-state index contributed by atoms with van der Waals surface area (Å²) in [5, 5.41) is 8.88. The molecule has 1 atom stereocenters. The third-order valence-corrected chi connectivity index (χ3v) is 1.73. The summed E-state index contributed by atoms with van der Waals surface area (Å²) >= 11 is 0. The van der Waals surface area contributed by atoms with Crippen LogP contribution in [-0.4, -0.2) is 11.2 Å². The van der Waals surface area contributed by atoms with Crippen molar-refractivity contribution >= 4 is 0 Å². The Morgan fingerprint density at radius 3 is 2.91 bits per heavy atom. The fraction of sp³-hybridized carbons (Fsp3) is 0.600. The maximum Gasteiger partial charge on any atom is 0.112 e. The Morgan fingerprint density at radius 1 is 1.55 bits per heavy atom. The topological polar surface area (TPSA) is 20.2 Å². The highest BCUT2D eigenvalue weighted by molar-refractivity contribution is 5.30. The highest BCUT2D eigenvalue weighted by Crippen LogP contribution is 2.15. The SMILES string of the molecule is C[C@H](O)C#CC1=CCCCC1. The predicted octanol–water partition coefficient (Wildman–Crippen LogP) is 1.87. The zero-order valence-corrected chi connectivity index (χ0v) is 6.93. The van der Waals surface area contributed by atoms with Gasteiger partial charge in [-0.15, -0.1) is 0 Å². The van der Waals surface area contributed by atoms with E-state index in [-0.39, 0.29) is 0 Å². The molecule has 0 radical (unpaired) electrons. The third-order valence-electron chi connectivity index (χ3n) is 1.73. The molecule has 1 aliphatic rings. The minimum atomic E-state index is -0.488. The Bertz CT molecular complexity index is 203. The molecule has 1 rings (SSSR count). The van der Waals surface area contributed by atoms with Crippen LogP contribution in [0.3, 0.4) is 0 Å². The predicted molar refractivity (Wildman–Crippen MR) is 46.0 cm³/mol. The Labute approximate surface area is 68.1 Å². The van der Waals surface area contributed by atoms with Crippen LogP contribution in [0.1, 0.15) is 32.6 Å². The standard InChI is InChI=1S/C10H14O/c1-9(11)7-8-10-5-3-2-4-6-10/h5,9,11H,2-4,6H2,1H3/t9-/m0/s1. The van der Waals surface area contributed by atoms with Crippen LogP contribution < -0.4 is 0 Å². The van der Waals surface area contributed by atoms with Crippen molar-refractivity contribution in [1.82, 2.24) is 0 Å². The molecule has 11 heavy (non-hydrogen) atoms. The lowest BCUT2D eigenvalue weighted by molar-refractivity contribution is 0.253. The van der Waals surface area contributed by atoms with E-state index in [2.05, 4.69) is 17.9 Å². The van der Waals surface area contributed by atoms with Crippen molar-refractivity contribution in [3.8, 4) is 11.8 Å². The van der Waals surface area contributed by atoms with Crippen molar-refractivity contribution in [3.05, 3.63) is 11.6 Å². The molecule has 1 aliphatic carbocycles. The lowest BCUT2D eigenvalue weighted by Gasteiger charge is -2.05. The lowest BCUT2D eigenvalue weighted by atomic mass is 10.00. The van der Waals surface area contributed by atoms with E-state index < -0.39 is 6.10 Å². The highest BCUT2D eigenvalue weighted by Gasteiger charge is 1.99. The van der Waals surface area contributed by atoms with Crippen LogP contribution in [0.15, 0.2) is 11.6 Å². The monoisotopic (exact) mass is 150 g/mol. The molecule has 0 aliphatic heterocycles. The van der Waals surface area contributed by atoms with Gasteiger partial charge in [0.05, 0.1) is 0 Å². The number of aliphatic hydroxyl groups excluding tert-OH is 1. The average molecular weight is 150 g/mol. The van der Waals surface area contributed by atoms with Crippen LogP contribution >= 0.6 is 0 Å². The molecule has 0 heterocycles. The maximum absolute atomic E-state index is 8.88. The van der Waals surface area contributed by atoms with E-state index in [0.717, 1.165) is 12.8 Å². The second-order valence-electron chi connectivity index (χ2n) is 2.92. The molecule has 1 heteroatoms. The van der Waals surface area contributed by atoms with Gasteiger partial charge in [-0.1, -0.05) is 17.9 Å². The molecule has 1 nitrogen and oxygen atoms in total. The normalized spacial score (nSPS) is 19.6. The van der Waals surface area contributed by atoms with Crippen LogP contribution in [0.5, 0.6) is 0 Å². The summed E-state index contributed by atoms with van der Waals surface area (Å²) < 4.78 is 0. The fourth-order valence-electron chi connectivity index (χ4n) is 1.15. The summed E-state index contributed by atoms with van der Waals surface area (Å²) in [7, 11) is 0. The minimum Gasteiger partial charge on any atom is -0.381 e. The van der Waals surface area contributed by atoms with Crippen LogP contribution in [0.2, 0.25) is 0 Å². The molecule has 0 spiro atoms. The first-order valence-corrected chi connectivity index (χ1v) is 4.17. The molecule has 0 unspecified atom stereocenters. The summed E-state index contributed by atoms with van der Waals surface area (Å²) in [5.74, 6) is 5.73. The fourth-order valence-corrected chi connectivity index (χ4v) is 1.15. The Hall–Kier alpha value is -0.740. The van der Waals surface area contributed by atoms with Crippen LogP contribution in [0.25, 0.3) is 0 Å². The summed E-state index contributed by atoms with van der Waals surface area (Å²) in [6.07, 6.45) is 6.49. The largest absolute Gasteiger partial charge is 0.381 e. The molecule has 60 valence electrons. The van der Waals surface area contributed by atoms with Crippen molar-refractivity contribution in [2.45, 2.75) is 38.7 Å². The van der Waals surface area contributed by atoms with Crippen LogP contribution in [0, 0.1) is 11.8 Å². The number of rotatable bonds is 0. The first-order chi connectivity index (χ1) is 5.29. The van der Waals surface area contributed by atoms with E-state index in [1.165, 1.54) is 18.4 Å². The maximum atomic E-state index is 8.88. The van der Waals surface area contributed by atoms with Gasteiger partial charge in [-0.2, -0.15) is 0 Å². The quantitative estimate of drug-likeness (QED) is 0.523. The van der Waals surface area contributed by atoms with Crippen LogP contribution in [-0.2, 0) is 0 Å². The van der Waals surface area contributed by atoms with Gasteiger partial charge < -0.3 is 5.11 Å². The Balaban J connectivity index is 2.49. The van der Waals surface area contributed by atoms with Crippen molar-refractivity contribution in [2.75, 3.05) is 0 Å². The molecule has 0 amide bonds. The van der Waals surface area contributed by atoms with Gasteiger partial charge in [0.1, 0.15) is 6.10 Å². The molecule has 0 aromatic carbocycles. The van der Waals surface area contributed by atoms with E-state index in [9.17, 15) is 0 Å². The Morgan fingerprint density at radius 2 is 2.36 bits per heavy atom. The first-order valence-electron chi connectivity index (χ1n) is 4.17. The molecule has 0 bridgehead atoms. The number of aliphatic hydroxyl groups is 1. The molecule has 0 fully saturated rings. The lowest BCUT2D eigenvalue weighted by Crippen LogP contribution is -1.94. The average Bonchev–Trinajstić information content (AvgIpc) is 2.03. The summed E-state index contributed by atoms with van der Waals surface area (Å²) in [6, 6.07) is 0. The molecular weight excluding hydrogens is 136 g/mol. The number of allylic oxidation sites excluding steroid dienone is 2. The molecule has 0 saturated heterocycles. The van der Waals surface area contributed by atoms with Gasteiger partial charge >= 0.3 is 0 Å². The van der Waals surface area contributed by atoms with Crippen molar-refractivity contribution < 1.29 is 5.11 Å². The van der Waals surface area contributed by atoms with Crippen molar-refractivity contribution in [1.29, 1.82) is 0 Å². The minimum absolute atomic E-state index is 0.488. The third kappa shape index (κ3) is 3.25. The van der Waals surface area contributed by atoms with Crippen LogP contribution in [0.4, 0.5) is 0 Å². The molecule has 0 saturated carbocycles. The van der Waals surface area contributed by atoms with Crippen molar-refractivity contribution in [2.24, 2.45) is 0 Å². The molecular formula is C10H14O. The van der Waals surface area contributed by atoms with Gasteiger partial charge in [-0.25, -0.2) is 0 Å². The highest BCUT2D eigenvalue weighted by atomic mass is 16.3. The van der Waals surface area contributed by atoms with E-state index in [0.29, 0.717) is 0 Å². The summed E-state index contributed by atoms with van der Waals surface area (Å²) in [4.78, 5) is 0. The summed E-state index contributed by atoms with van der Waals surface area (Å²) in [6.45, 7) is 1.69. The van der Waals surface area contributed by atoms with Gasteiger partial charge in [-0.3, -0.25) is 0 Å². The molecule has 0 aromatic rings. The van der Waals surface area contributed by atoms with E-state index in [1.54, 1.807) is 6.92 Å². The van der Waals surface area contributed by atoms with E-state index in [4.69, 9.17) is 5.11 Å². The van der Waals surface area contributed by atoms with E-state index in [1.807, 2.05) is 0 Å². The van der Waals surface area contributed by atoms with Gasteiger partial charge in [0.2, 0.25) is 0 Å². The summed E-state index contributed by atoms with van der Waals surface area (Å²) in [5.41, 5.74) is 1.21. The van der Waals surface area contributed by atoms with Crippen molar-refractivity contribution in [3.63, 3.8) is 0 Å². The van der Waals surface area contributed by atoms with Gasteiger partial charge in [-0.05, 0) is 38.2 Å². The zero-order chi connectivity index (χ0) is 8.10. The second kappa shape index (κ2) is 4.20. The molecule has 0 aromatic heterocycles. The second-order valence-corrected chi connectivity index (χ2v) is 2.92. The molecule has 1 N–H and O–H groups in total. The number of hydrogen-bond donors (Lipinski definition) is 1. The van der Waals surface area contributed by atoms with Gasteiger partial charge in [0.15, 0.2) is 0 Å². The van der Waals surface area contributed by atoms with E-state index >= 15 is 0 Å². The zero-order valence-electron chi connectivity index (χ0n) is 6.93. The first kappa shape index (κ1) is 8.36. The van der Waals surface area contributed by atoms with Gasteiger partial charge in [0, 0.05) is 0 Å². The smallest absolute Gasteiger partial charge is 0.112 e. The van der Waals surface area contributed by atoms with Gasteiger partial charge in [0.25, 0.3) is 0 Å².